The van der Waals surface area contributed by atoms with Crippen LogP contribution in [0.2, 0.25) is 0 Å². The van der Waals surface area contributed by atoms with Crippen LogP contribution in [-0.2, 0) is 6.54 Å². The van der Waals surface area contributed by atoms with E-state index in [1.54, 1.807) is 22.8 Å². The number of aromatic nitrogens is 2. The third-order valence-corrected chi connectivity index (χ3v) is 7.04. The third-order valence-electron chi connectivity index (χ3n) is 6.24. The molecule has 0 fully saturated rings. The topological polar surface area (TPSA) is 81.2 Å². The second kappa shape index (κ2) is 11.1. The largest absolute Gasteiger partial charge is 0.328 e. The van der Waals surface area contributed by atoms with Crippen molar-refractivity contribution in [2.75, 3.05) is 13.1 Å². The number of alkyl halides is 1. The number of halogens is 1. The molecular formula is C28H31FN4O2S. The number of hydrogen-bond donors (Lipinski definition) is 1. The molecule has 0 bridgehead atoms. The van der Waals surface area contributed by atoms with E-state index < -0.39 is 12.2 Å². The monoisotopic (exact) mass is 506 g/mol. The van der Waals surface area contributed by atoms with Gasteiger partial charge in [-0.25, -0.2) is 9.37 Å². The van der Waals surface area contributed by atoms with Crippen LogP contribution in [0.5, 0.6) is 0 Å². The number of amides is 1. The molecule has 188 valence electrons. The van der Waals surface area contributed by atoms with Gasteiger partial charge in [-0.15, -0.1) is 11.3 Å². The lowest BCUT2D eigenvalue weighted by atomic mass is 9.98. The standard InChI is InChI=1S/C28H31FN4O2S/c1-18(2)24(32(17-22(29)15-30)27(34)21-11-9-19(3)10-12-21)25-31-26-23(13-14-36-26)28(35)33(25)16-20-7-5-4-6-8-20/h4-14,18,22,24H,15-17,30H2,1-3H3/t22-,24+/m1/s1. The number of carbonyl (C=O) groups is 1. The van der Waals surface area contributed by atoms with Crippen molar-refractivity contribution in [3.63, 3.8) is 0 Å². The molecule has 0 aliphatic carbocycles. The highest BCUT2D eigenvalue weighted by atomic mass is 32.1. The number of thiophene rings is 1. The van der Waals surface area contributed by atoms with Gasteiger partial charge in [0.2, 0.25) is 0 Å². The number of aryl methyl sites for hydroxylation is 1. The number of hydrogen-bond acceptors (Lipinski definition) is 5. The van der Waals surface area contributed by atoms with Gasteiger partial charge in [0.25, 0.3) is 11.5 Å². The molecule has 4 rings (SSSR count). The van der Waals surface area contributed by atoms with Gasteiger partial charge in [-0.2, -0.15) is 0 Å². The molecule has 8 heteroatoms. The maximum Gasteiger partial charge on any atom is 0.262 e. The molecule has 0 saturated carbocycles. The molecule has 0 aliphatic rings. The first-order valence-corrected chi connectivity index (χ1v) is 12.9. The number of nitrogens with two attached hydrogens (primary N) is 1. The fourth-order valence-corrected chi connectivity index (χ4v) is 5.14. The van der Waals surface area contributed by atoms with Crippen LogP contribution in [0.4, 0.5) is 4.39 Å². The summed E-state index contributed by atoms with van der Waals surface area (Å²) >= 11 is 1.37. The fourth-order valence-electron chi connectivity index (χ4n) is 4.38. The van der Waals surface area contributed by atoms with Crippen molar-refractivity contribution < 1.29 is 9.18 Å². The van der Waals surface area contributed by atoms with E-state index in [2.05, 4.69) is 0 Å². The summed E-state index contributed by atoms with van der Waals surface area (Å²) in [6.45, 7) is 5.73. The summed E-state index contributed by atoms with van der Waals surface area (Å²) in [5, 5.41) is 2.37. The summed E-state index contributed by atoms with van der Waals surface area (Å²) in [5.41, 5.74) is 7.85. The molecule has 0 unspecified atom stereocenters. The number of benzene rings is 2. The van der Waals surface area contributed by atoms with Gasteiger partial charge in [0.15, 0.2) is 0 Å². The summed E-state index contributed by atoms with van der Waals surface area (Å²) in [6, 6.07) is 17.9. The second-order valence-electron chi connectivity index (χ2n) is 9.33. The normalized spacial score (nSPS) is 13.2. The highest BCUT2D eigenvalue weighted by Gasteiger charge is 2.34. The van der Waals surface area contributed by atoms with E-state index in [1.165, 1.54) is 16.2 Å². The van der Waals surface area contributed by atoms with Crippen molar-refractivity contribution in [2.24, 2.45) is 11.7 Å². The summed E-state index contributed by atoms with van der Waals surface area (Å²) < 4.78 is 16.4. The van der Waals surface area contributed by atoms with Crippen molar-refractivity contribution in [1.82, 2.24) is 14.5 Å². The van der Waals surface area contributed by atoms with Crippen molar-refractivity contribution in [1.29, 1.82) is 0 Å². The van der Waals surface area contributed by atoms with Crippen molar-refractivity contribution >= 4 is 27.5 Å². The van der Waals surface area contributed by atoms with E-state index in [4.69, 9.17) is 10.7 Å². The minimum atomic E-state index is -1.42. The summed E-state index contributed by atoms with van der Waals surface area (Å²) in [6.07, 6.45) is -1.42. The first-order valence-electron chi connectivity index (χ1n) is 12.0. The highest BCUT2D eigenvalue weighted by Crippen LogP contribution is 2.31. The molecular weight excluding hydrogens is 475 g/mol. The van der Waals surface area contributed by atoms with Gasteiger partial charge < -0.3 is 10.6 Å². The predicted molar refractivity (Wildman–Crippen MR) is 143 cm³/mol. The molecule has 0 radical (unpaired) electrons. The Morgan fingerprint density at radius 1 is 1.11 bits per heavy atom. The Morgan fingerprint density at radius 2 is 1.81 bits per heavy atom. The molecule has 36 heavy (non-hydrogen) atoms. The second-order valence-corrected chi connectivity index (χ2v) is 10.2. The van der Waals surface area contributed by atoms with Crippen LogP contribution >= 0.6 is 11.3 Å². The van der Waals surface area contributed by atoms with Crippen LogP contribution in [0.1, 0.15) is 47.2 Å². The van der Waals surface area contributed by atoms with Crippen molar-refractivity contribution in [3.05, 3.63) is 98.9 Å². The highest BCUT2D eigenvalue weighted by molar-refractivity contribution is 7.16. The van der Waals surface area contributed by atoms with E-state index in [0.717, 1.165) is 11.1 Å². The average molecular weight is 507 g/mol. The van der Waals surface area contributed by atoms with E-state index in [-0.39, 0.29) is 30.5 Å². The molecule has 2 heterocycles. The van der Waals surface area contributed by atoms with Crippen molar-refractivity contribution in [3.8, 4) is 0 Å². The lowest BCUT2D eigenvalue weighted by Gasteiger charge is -2.36. The van der Waals surface area contributed by atoms with Gasteiger partial charge in [0.05, 0.1) is 24.5 Å². The number of rotatable bonds is 9. The zero-order valence-corrected chi connectivity index (χ0v) is 21.5. The third kappa shape index (κ3) is 5.39. The molecule has 0 aliphatic heterocycles. The van der Waals surface area contributed by atoms with Crippen LogP contribution in [0.3, 0.4) is 0 Å². The van der Waals surface area contributed by atoms with E-state index in [9.17, 15) is 14.0 Å². The first-order chi connectivity index (χ1) is 17.3. The molecule has 2 aromatic carbocycles. The molecule has 2 N–H and O–H groups in total. The Hall–Kier alpha value is -3.36. The summed E-state index contributed by atoms with van der Waals surface area (Å²) in [5.74, 6) is -0.0363. The Balaban J connectivity index is 1.90. The van der Waals surface area contributed by atoms with Gasteiger partial charge in [0.1, 0.15) is 16.8 Å². The number of carbonyl (C=O) groups excluding carboxylic acids is 1. The van der Waals surface area contributed by atoms with Gasteiger partial charge in [-0.3, -0.25) is 14.2 Å². The lowest BCUT2D eigenvalue weighted by Crippen LogP contribution is -2.45. The van der Waals surface area contributed by atoms with Crippen molar-refractivity contribution in [2.45, 2.75) is 39.5 Å². The Kier molecular flexibility index (Phi) is 7.96. The molecule has 0 saturated heterocycles. The van der Waals surface area contributed by atoms with Crippen LogP contribution < -0.4 is 11.3 Å². The van der Waals surface area contributed by atoms with Crippen LogP contribution in [-0.4, -0.2) is 39.6 Å². The van der Waals surface area contributed by atoms with E-state index in [1.807, 2.05) is 68.6 Å². The van der Waals surface area contributed by atoms with E-state index in [0.29, 0.717) is 28.1 Å². The smallest absolute Gasteiger partial charge is 0.262 e. The maximum absolute atomic E-state index is 14.8. The lowest BCUT2D eigenvalue weighted by molar-refractivity contribution is 0.0534. The molecule has 1 amide bonds. The summed E-state index contributed by atoms with van der Waals surface area (Å²) in [7, 11) is 0. The Bertz CT molecular complexity index is 1380. The Labute approximate surface area is 214 Å². The molecule has 2 aromatic heterocycles. The first kappa shape index (κ1) is 25.7. The minimum Gasteiger partial charge on any atom is -0.328 e. The summed E-state index contributed by atoms with van der Waals surface area (Å²) in [4.78, 5) is 34.4. The number of nitrogens with zero attached hydrogens (tertiary/aromatic N) is 3. The van der Waals surface area contributed by atoms with Crippen LogP contribution in [0.25, 0.3) is 10.2 Å². The average Bonchev–Trinajstić information content (AvgIpc) is 3.35. The zero-order chi connectivity index (χ0) is 25.8. The minimum absolute atomic E-state index is 0.157. The SMILES string of the molecule is Cc1ccc(C(=O)N(C[C@H](F)CN)[C@H](c2nc3sccc3c(=O)n2Cc2ccccc2)C(C)C)cc1. The zero-order valence-electron chi connectivity index (χ0n) is 20.7. The Morgan fingerprint density at radius 3 is 2.44 bits per heavy atom. The van der Waals surface area contributed by atoms with Gasteiger partial charge in [0, 0.05) is 12.1 Å². The van der Waals surface area contributed by atoms with Gasteiger partial charge in [-0.1, -0.05) is 61.9 Å². The predicted octanol–water partition coefficient (Wildman–Crippen LogP) is 4.95. The van der Waals surface area contributed by atoms with Crippen LogP contribution in [0, 0.1) is 12.8 Å². The number of fused-ring (bicyclic) bond motifs is 1. The maximum atomic E-state index is 14.8. The molecule has 6 nitrogen and oxygen atoms in total. The fraction of sp³-hybridized carbons (Fsp3) is 0.321. The van der Waals surface area contributed by atoms with E-state index >= 15 is 0 Å². The molecule has 2 atom stereocenters. The van der Waals surface area contributed by atoms with Crippen LogP contribution in [0.15, 0.2) is 70.8 Å². The van der Waals surface area contributed by atoms with Gasteiger partial charge in [-0.05, 0) is 42.0 Å². The van der Waals surface area contributed by atoms with Gasteiger partial charge >= 0.3 is 0 Å². The molecule has 0 spiro atoms. The molecule has 4 aromatic rings. The quantitative estimate of drug-likeness (QED) is 0.348.